The molecule has 2 heterocycles. The highest BCUT2D eigenvalue weighted by Gasteiger charge is 2.29. The summed E-state index contributed by atoms with van der Waals surface area (Å²) in [5, 5.41) is 4.66. The van der Waals surface area contributed by atoms with Crippen LogP contribution in [-0.2, 0) is 17.8 Å². The third kappa shape index (κ3) is 2.58. The Balaban J connectivity index is 1.78. The van der Waals surface area contributed by atoms with E-state index < -0.39 is 0 Å². The molecule has 1 aliphatic rings. The molecule has 0 aliphatic carbocycles. The van der Waals surface area contributed by atoms with E-state index in [1.54, 1.807) is 0 Å². The highest BCUT2D eigenvalue weighted by atomic mass is 16.2. The average Bonchev–Trinajstić information content (AvgIpc) is 2.90. The van der Waals surface area contributed by atoms with Crippen molar-refractivity contribution in [1.29, 1.82) is 0 Å². The number of benzene rings is 2. The van der Waals surface area contributed by atoms with Crippen LogP contribution in [0.3, 0.4) is 0 Å². The van der Waals surface area contributed by atoms with Crippen molar-refractivity contribution in [3.05, 3.63) is 71.0 Å². The summed E-state index contributed by atoms with van der Waals surface area (Å²) in [4.78, 5) is 14.6. The molecule has 25 heavy (non-hydrogen) atoms. The molecule has 4 rings (SSSR count). The van der Waals surface area contributed by atoms with Crippen LogP contribution in [0.2, 0.25) is 0 Å². The van der Waals surface area contributed by atoms with Gasteiger partial charge in [-0.1, -0.05) is 24.3 Å². The van der Waals surface area contributed by atoms with Gasteiger partial charge < -0.3 is 10.6 Å². The number of nitrogen functional groups attached to an aromatic ring is 1. The molecule has 3 aromatic rings. The first-order valence-electron chi connectivity index (χ1n) is 8.34. The largest absolute Gasteiger partial charge is 0.399 e. The SMILES string of the molecule is Cc1nn(-c2ccccc2)c(C)c1N1Cc2cc(N)ccc2CC1=O. The molecule has 0 saturated heterocycles. The monoisotopic (exact) mass is 332 g/mol. The van der Waals surface area contributed by atoms with Crippen LogP contribution in [0.4, 0.5) is 11.4 Å². The second-order valence-electron chi connectivity index (χ2n) is 6.45. The number of carbonyl (C=O) groups excluding carboxylic acids is 1. The van der Waals surface area contributed by atoms with E-state index in [1.807, 2.05) is 72.0 Å². The molecule has 0 atom stereocenters. The van der Waals surface area contributed by atoms with Gasteiger partial charge in [0.15, 0.2) is 0 Å². The van der Waals surface area contributed by atoms with Crippen molar-refractivity contribution < 1.29 is 4.79 Å². The van der Waals surface area contributed by atoms with Crippen LogP contribution in [0.25, 0.3) is 5.69 Å². The number of nitrogens with two attached hydrogens (primary N) is 1. The first kappa shape index (κ1) is 15.4. The number of aryl methyl sites for hydroxylation is 1. The zero-order valence-electron chi connectivity index (χ0n) is 14.4. The maximum atomic E-state index is 12.8. The van der Waals surface area contributed by atoms with Crippen molar-refractivity contribution in [3.63, 3.8) is 0 Å². The Morgan fingerprint density at radius 3 is 2.56 bits per heavy atom. The molecule has 5 heteroatoms. The van der Waals surface area contributed by atoms with Gasteiger partial charge in [0.2, 0.25) is 5.91 Å². The van der Waals surface area contributed by atoms with E-state index in [9.17, 15) is 4.79 Å². The summed E-state index contributed by atoms with van der Waals surface area (Å²) >= 11 is 0. The molecule has 0 unspecified atom stereocenters. The molecule has 5 nitrogen and oxygen atoms in total. The molecule has 2 aromatic carbocycles. The van der Waals surface area contributed by atoms with E-state index in [1.165, 1.54) is 0 Å². The van der Waals surface area contributed by atoms with E-state index in [2.05, 4.69) is 5.10 Å². The standard InChI is InChI=1S/C20H20N4O/c1-13-20(14(2)24(22-13)18-6-4-3-5-7-18)23-12-16-10-17(21)9-8-15(16)11-19(23)25/h3-10H,11-12,21H2,1-2H3. The lowest BCUT2D eigenvalue weighted by molar-refractivity contribution is -0.118. The quantitative estimate of drug-likeness (QED) is 0.733. The molecule has 0 radical (unpaired) electrons. The highest BCUT2D eigenvalue weighted by Crippen LogP contribution is 2.32. The summed E-state index contributed by atoms with van der Waals surface area (Å²) < 4.78 is 1.90. The first-order chi connectivity index (χ1) is 12.0. The van der Waals surface area contributed by atoms with E-state index in [4.69, 9.17) is 5.73 Å². The summed E-state index contributed by atoms with van der Waals surface area (Å²) in [5.74, 6) is 0.0936. The fraction of sp³-hybridized carbons (Fsp3) is 0.200. The van der Waals surface area contributed by atoms with Crippen LogP contribution in [0.1, 0.15) is 22.5 Å². The van der Waals surface area contributed by atoms with Gasteiger partial charge in [-0.25, -0.2) is 4.68 Å². The van der Waals surface area contributed by atoms with Crippen LogP contribution in [-0.4, -0.2) is 15.7 Å². The Morgan fingerprint density at radius 1 is 1.04 bits per heavy atom. The molecule has 1 aromatic heterocycles. The Hall–Kier alpha value is -3.08. The van der Waals surface area contributed by atoms with Gasteiger partial charge in [-0.15, -0.1) is 0 Å². The lowest BCUT2D eigenvalue weighted by Gasteiger charge is -2.29. The number of carbonyl (C=O) groups is 1. The third-order valence-electron chi connectivity index (χ3n) is 4.73. The number of anilines is 2. The minimum Gasteiger partial charge on any atom is -0.399 e. The van der Waals surface area contributed by atoms with Gasteiger partial charge in [-0.05, 0) is 49.2 Å². The van der Waals surface area contributed by atoms with Gasteiger partial charge in [0.1, 0.15) is 0 Å². The number of amides is 1. The third-order valence-corrected chi connectivity index (χ3v) is 4.73. The molecule has 0 bridgehead atoms. The second kappa shape index (κ2) is 5.77. The van der Waals surface area contributed by atoms with Gasteiger partial charge in [0.05, 0.1) is 35.7 Å². The lowest BCUT2D eigenvalue weighted by Crippen LogP contribution is -2.36. The van der Waals surface area contributed by atoms with Gasteiger partial charge in [-0.3, -0.25) is 4.79 Å². The zero-order chi connectivity index (χ0) is 17.6. The van der Waals surface area contributed by atoms with Crippen molar-refractivity contribution in [3.8, 4) is 5.69 Å². The molecular formula is C20H20N4O. The second-order valence-corrected chi connectivity index (χ2v) is 6.45. The van der Waals surface area contributed by atoms with E-state index >= 15 is 0 Å². The van der Waals surface area contributed by atoms with Crippen LogP contribution < -0.4 is 10.6 Å². The van der Waals surface area contributed by atoms with Crippen LogP contribution in [0.5, 0.6) is 0 Å². The summed E-state index contributed by atoms with van der Waals surface area (Å²) in [6, 6.07) is 15.7. The molecular weight excluding hydrogens is 312 g/mol. The van der Waals surface area contributed by atoms with Crippen molar-refractivity contribution in [1.82, 2.24) is 9.78 Å². The average molecular weight is 332 g/mol. The zero-order valence-corrected chi connectivity index (χ0v) is 14.4. The Kier molecular flexibility index (Phi) is 3.57. The minimum absolute atomic E-state index is 0.0936. The molecule has 0 fully saturated rings. The number of nitrogens with zero attached hydrogens (tertiary/aromatic N) is 3. The number of aromatic nitrogens is 2. The molecule has 126 valence electrons. The Labute approximate surface area is 146 Å². The van der Waals surface area contributed by atoms with Crippen molar-refractivity contribution in [2.24, 2.45) is 0 Å². The highest BCUT2D eigenvalue weighted by molar-refractivity contribution is 5.97. The summed E-state index contributed by atoms with van der Waals surface area (Å²) in [6.07, 6.45) is 0.394. The van der Waals surface area contributed by atoms with Crippen LogP contribution >= 0.6 is 0 Å². The van der Waals surface area contributed by atoms with Crippen molar-refractivity contribution in [2.45, 2.75) is 26.8 Å². The molecule has 0 spiro atoms. The van der Waals surface area contributed by atoms with Gasteiger partial charge in [0.25, 0.3) is 0 Å². The summed E-state index contributed by atoms with van der Waals surface area (Å²) in [5.41, 5.74) is 12.5. The van der Waals surface area contributed by atoms with E-state index in [0.29, 0.717) is 13.0 Å². The Morgan fingerprint density at radius 2 is 1.80 bits per heavy atom. The molecule has 1 amide bonds. The summed E-state index contributed by atoms with van der Waals surface area (Å²) in [6.45, 7) is 4.48. The normalized spacial score (nSPS) is 13.8. The number of hydrogen-bond acceptors (Lipinski definition) is 3. The van der Waals surface area contributed by atoms with Gasteiger partial charge >= 0.3 is 0 Å². The van der Waals surface area contributed by atoms with Gasteiger partial charge in [-0.2, -0.15) is 5.10 Å². The van der Waals surface area contributed by atoms with Crippen molar-refractivity contribution in [2.75, 3.05) is 10.6 Å². The number of para-hydroxylation sites is 1. The van der Waals surface area contributed by atoms with Gasteiger partial charge in [0, 0.05) is 5.69 Å². The Bertz CT molecular complexity index is 959. The fourth-order valence-corrected chi connectivity index (χ4v) is 3.53. The maximum Gasteiger partial charge on any atom is 0.231 e. The van der Waals surface area contributed by atoms with Crippen molar-refractivity contribution >= 4 is 17.3 Å². The number of fused-ring (bicyclic) bond motifs is 1. The number of hydrogen-bond donors (Lipinski definition) is 1. The topological polar surface area (TPSA) is 64.2 Å². The fourth-order valence-electron chi connectivity index (χ4n) is 3.53. The lowest BCUT2D eigenvalue weighted by atomic mass is 9.98. The smallest absolute Gasteiger partial charge is 0.231 e. The summed E-state index contributed by atoms with van der Waals surface area (Å²) in [7, 11) is 0. The molecule has 1 aliphatic heterocycles. The predicted molar refractivity (Wildman–Crippen MR) is 98.8 cm³/mol. The maximum absolute atomic E-state index is 12.8. The minimum atomic E-state index is 0.0936. The molecule has 2 N–H and O–H groups in total. The molecule has 0 saturated carbocycles. The first-order valence-corrected chi connectivity index (χ1v) is 8.34. The predicted octanol–water partition coefficient (Wildman–Crippen LogP) is 3.16. The van der Waals surface area contributed by atoms with Crippen LogP contribution in [0, 0.1) is 13.8 Å². The van der Waals surface area contributed by atoms with E-state index in [0.717, 1.165) is 39.6 Å². The van der Waals surface area contributed by atoms with Crippen LogP contribution in [0.15, 0.2) is 48.5 Å². The number of rotatable bonds is 2. The van der Waals surface area contributed by atoms with E-state index in [-0.39, 0.29) is 5.91 Å².